The third-order valence-corrected chi connectivity index (χ3v) is 4.89. The molecule has 3 rings (SSSR count). The maximum atomic E-state index is 12.0. The Labute approximate surface area is 164 Å². The third-order valence-electron chi connectivity index (χ3n) is 3.40. The highest BCUT2D eigenvalue weighted by atomic mass is 35.5. The standard InChI is InChI=1S/C18H14Cl2N2O3S/c1-24-12-4-2-11(3-5-12)16-10-26-18(21-16)22-17(23)9-25-13-6-7-14(19)15(20)8-13/h2-8,10H,9H2,1H3,(H,21,22,23). The van der Waals surface area contributed by atoms with Crippen LogP contribution in [-0.4, -0.2) is 24.6 Å². The molecule has 1 N–H and O–H groups in total. The van der Waals surface area contributed by atoms with E-state index in [-0.39, 0.29) is 12.5 Å². The fourth-order valence-electron chi connectivity index (χ4n) is 2.10. The molecule has 26 heavy (non-hydrogen) atoms. The second-order valence-electron chi connectivity index (χ2n) is 5.18. The average Bonchev–Trinajstić information content (AvgIpc) is 3.11. The van der Waals surface area contributed by atoms with Crippen LogP contribution in [0.15, 0.2) is 47.8 Å². The van der Waals surface area contributed by atoms with Gasteiger partial charge in [-0.25, -0.2) is 4.98 Å². The summed E-state index contributed by atoms with van der Waals surface area (Å²) in [6.45, 7) is -0.157. The van der Waals surface area contributed by atoms with E-state index < -0.39 is 0 Å². The highest BCUT2D eigenvalue weighted by Gasteiger charge is 2.09. The van der Waals surface area contributed by atoms with Crippen LogP contribution in [-0.2, 0) is 4.79 Å². The number of halogens is 2. The van der Waals surface area contributed by atoms with Crippen molar-refractivity contribution in [2.75, 3.05) is 19.0 Å². The van der Waals surface area contributed by atoms with E-state index in [0.717, 1.165) is 17.0 Å². The molecule has 0 spiro atoms. The zero-order chi connectivity index (χ0) is 18.5. The Hall–Kier alpha value is -2.28. The van der Waals surface area contributed by atoms with Crippen molar-refractivity contribution in [2.45, 2.75) is 0 Å². The summed E-state index contributed by atoms with van der Waals surface area (Å²) < 4.78 is 10.5. The molecule has 0 saturated carbocycles. The number of rotatable bonds is 6. The van der Waals surface area contributed by atoms with Gasteiger partial charge in [-0.2, -0.15) is 0 Å². The highest BCUT2D eigenvalue weighted by Crippen LogP contribution is 2.27. The molecular weight excluding hydrogens is 395 g/mol. The summed E-state index contributed by atoms with van der Waals surface area (Å²) >= 11 is 13.1. The summed E-state index contributed by atoms with van der Waals surface area (Å²) in [4.78, 5) is 16.4. The van der Waals surface area contributed by atoms with Crippen LogP contribution in [0.25, 0.3) is 11.3 Å². The monoisotopic (exact) mass is 408 g/mol. The van der Waals surface area contributed by atoms with Crippen molar-refractivity contribution >= 4 is 45.6 Å². The first-order chi connectivity index (χ1) is 12.5. The van der Waals surface area contributed by atoms with Gasteiger partial charge in [0.2, 0.25) is 0 Å². The van der Waals surface area contributed by atoms with Gasteiger partial charge in [0.15, 0.2) is 11.7 Å². The molecule has 0 unspecified atom stereocenters. The average molecular weight is 409 g/mol. The van der Waals surface area contributed by atoms with Crippen LogP contribution in [0.5, 0.6) is 11.5 Å². The SMILES string of the molecule is COc1ccc(-c2csc(NC(=O)COc3ccc(Cl)c(Cl)c3)n2)cc1. The van der Waals surface area contributed by atoms with Crippen LogP contribution in [0, 0.1) is 0 Å². The fourth-order valence-corrected chi connectivity index (χ4v) is 3.12. The maximum absolute atomic E-state index is 12.0. The van der Waals surface area contributed by atoms with Gasteiger partial charge in [0.25, 0.3) is 5.91 Å². The minimum atomic E-state index is -0.313. The first-order valence-corrected chi connectivity index (χ1v) is 9.16. The predicted molar refractivity (Wildman–Crippen MR) is 105 cm³/mol. The van der Waals surface area contributed by atoms with Crippen LogP contribution in [0.2, 0.25) is 10.0 Å². The molecule has 3 aromatic rings. The quantitative estimate of drug-likeness (QED) is 0.612. The lowest BCUT2D eigenvalue weighted by molar-refractivity contribution is -0.118. The predicted octanol–water partition coefficient (Wildman–Crippen LogP) is 5.14. The Morgan fingerprint density at radius 1 is 1.12 bits per heavy atom. The summed E-state index contributed by atoms with van der Waals surface area (Å²) in [7, 11) is 1.62. The highest BCUT2D eigenvalue weighted by molar-refractivity contribution is 7.14. The Kier molecular flexibility index (Phi) is 5.98. The van der Waals surface area contributed by atoms with Crippen LogP contribution in [0.1, 0.15) is 0 Å². The number of benzene rings is 2. The van der Waals surface area contributed by atoms with Gasteiger partial charge in [-0.05, 0) is 36.4 Å². The van der Waals surface area contributed by atoms with Crippen LogP contribution >= 0.6 is 34.5 Å². The molecule has 0 atom stereocenters. The summed E-state index contributed by atoms with van der Waals surface area (Å²) in [5.74, 6) is 0.927. The molecule has 0 bridgehead atoms. The number of thiazole rings is 1. The fraction of sp³-hybridized carbons (Fsp3) is 0.111. The van der Waals surface area contributed by atoms with E-state index in [1.807, 2.05) is 29.6 Å². The lowest BCUT2D eigenvalue weighted by Crippen LogP contribution is -2.20. The summed E-state index contributed by atoms with van der Waals surface area (Å²) in [5.41, 5.74) is 1.72. The lowest BCUT2D eigenvalue weighted by atomic mass is 10.2. The Balaban J connectivity index is 1.57. The van der Waals surface area contributed by atoms with Crippen molar-refractivity contribution in [3.05, 3.63) is 57.9 Å². The number of hydrogen-bond acceptors (Lipinski definition) is 5. The summed E-state index contributed by atoms with van der Waals surface area (Å²) in [6.07, 6.45) is 0. The molecule has 8 heteroatoms. The maximum Gasteiger partial charge on any atom is 0.264 e. The van der Waals surface area contributed by atoms with Crippen molar-refractivity contribution in [3.8, 4) is 22.8 Å². The molecule has 1 aromatic heterocycles. The van der Waals surface area contributed by atoms with Gasteiger partial charge in [-0.3, -0.25) is 10.1 Å². The zero-order valence-corrected chi connectivity index (χ0v) is 16.0. The minimum Gasteiger partial charge on any atom is -0.497 e. The number of nitrogens with one attached hydrogen (secondary N) is 1. The van der Waals surface area contributed by atoms with Crippen LogP contribution in [0.4, 0.5) is 5.13 Å². The first-order valence-electron chi connectivity index (χ1n) is 7.53. The van der Waals surface area contributed by atoms with Crippen LogP contribution < -0.4 is 14.8 Å². The molecule has 0 fully saturated rings. The molecule has 0 saturated heterocycles. The first kappa shape index (κ1) is 18.5. The zero-order valence-electron chi connectivity index (χ0n) is 13.7. The topological polar surface area (TPSA) is 60.5 Å². The number of methoxy groups -OCH3 is 1. The van der Waals surface area contributed by atoms with E-state index in [9.17, 15) is 4.79 Å². The molecular formula is C18H14Cl2N2O3S. The number of carbonyl (C=O) groups excluding carboxylic acids is 1. The molecule has 2 aromatic carbocycles. The van der Waals surface area contributed by atoms with Crippen molar-refractivity contribution in [1.82, 2.24) is 4.98 Å². The van der Waals surface area contributed by atoms with Crippen LogP contribution in [0.3, 0.4) is 0 Å². The summed E-state index contributed by atoms with van der Waals surface area (Å²) in [6, 6.07) is 12.4. The molecule has 0 aliphatic heterocycles. The molecule has 134 valence electrons. The van der Waals surface area contributed by atoms with E-state index >= 15 is 0 Å². The minimum absolute atomic E-state index is 0.157. The number of aromatic nitrogens is 1. The van der Waals surface area contributed by atoms with Gasteiger partial charge in [0, 0.05) is 17.0 Å². The number of amides is 1. The molecule has 0 aliphatic rings. The van der Waals surface area contributed by atoms with Crippen molar-refractivity contribution in [3.63, 3.8) is 0 Å². The molecule has 5 nitrogen and oxygen atoms in total. The van der Waals surface area contributed by atoms with Gasteiger partial charge < -0.3 is 9.47 Å². The van der Waals surface area contributed by atoms with Crippen molar-refractivity contribution < 1.29 is 14.3 Å². The van der Waals surface area contributed by atoms with E-state index in [4.69, 9.17) is 32.7 Å². The summed E-state index contributed by atoms with van der Waals surface area (Å²) in [5, 5.41) is 5.88. The van der Waals surface area contributed by atoms with Gasteiger partial charge in [0.1, 0.15) is 11.5 Å². The molecule has 1 heterocycles. The van der Waals surface area contributed by atoms with Gasteiger partial charge in [-0.1, -0.05) is 23.2 Å². The number of ether oxygens (including phenoxy) is 2. The third kappa shape index (κ3) is 4.66. The number of anilines is 1. The Bertz CT molecular complexity index is 913. The smallest absolute Gasteiger partial charge is 0.264 e. The number of carbonyl (C=O) groups is 1. The molecule has 1 amide bonds. The normalized spacial score (nSPS) is 10.4. The Morgan fingerprint density at radius 3 is 2.54 bits per heavy atom. The Morgan fingerprint density at radius 2 is 1.85 bits per heavy atom. The van der Waals surface area contributed by atoms with Gasteiger partial charge >= 0.3 is 0 Å². The molecule has 0 aliphatic carbocycles. The second kappa shape index (κ2) is 8.40. The number of nitrogens with zero attached hydrogens (tertiary/aromatic N) is 1. The number of hydrogen-bond donors (Lipinski definition) is 1. The van der Waals surface area contributed by atoms with Crippen molar-refractivity contribution in [2.24, 2.45) is 0 Å². The van der Waals surface area contributed by atoms with Crippen molar-refractivity contribution in [1.29, 1.82) is 0 Å². The van der Waals surface area contributed by atoms with E-state index in [0.29, 0.717) is 20.9 Å². The van der Waals surface area contributed by atoms with Gasteiger partial charge in [0.05, 0.1) is 22.8 Å². The van der Waals surface area contributed by atoms with E-state index in [1.54, 1.807) is 25.3 Å². The van der Waals surface area contributed by atoms with E-state index in [2.05, 4.69) is 10.3 Å². The molecule has 0 radical (unpaired) electrons. The second-order valence-corrected chi connectivity index (χ2v) is 6.85. The van der Waals surface area contributed by atoms with E-state index in [1.165, 1.54) is 11.3 Å². The van der Waals surface area contributed by atoms with Gasteiger partial charge in [-0.15, -0.1) is 11.3 Å². The lowest BCUT2D eigenvalue weighted by Gasteiger charge is -2.06. The largest absolute Gasteiger partial charge is 0.497 e.